The highest BCUT2D eigenvalue weighted by atomic mass is 16.5. The number of hydrogen-bond acceptors (Lipinski definition) is 9. The first-order valence-corrected chi connectivity index (χ1v) is 9.02. The van der Waals surface area contributed by atoms with Gasteiger partial charge in [-0.25, -0.2) is 15.0 Å². The molecule has 28 heavy (non-hydrogen) atoms. The molecule has 1 fully saturated rings. The average molecular weight is 381 g/mol. The van der Waals surface area contributed by atoms with Gasteiger partial charge in [0.1, 0.15) is 5.52 Å². The molecule has 1 aliphatic heterocycles. The van der Waals surface area contributed by atoms with Gasteiger partial charge in [-0.15, -0.1) is 0 Å². The molecule has 3 heterocycles. The summed E-state index contributed by atoms with van der Waals surface area (Å²) < 4.78 is 10.7. The predicted molar refractivity (Wildman–Crippen MR) is 106 cm³/mol. The number of likely N-dealkylation sites (N-methyl/N-ethyl adjacent to an activating group) is 1. The molecule has 1 saturated heterocycles. The molecule has 1 aromatic carbocycles. The van der Waals surface area contributed by atoms with Crippen molar-refractivity contribution in [2.24, 2.45) is 5.73 Å². The standard InChI is InChI=1S/C19H23N7O2/c1-25-6-7-26(17(20)11-25)19-22-10-14-18(24-19)21-9-13(23-14)12-4-5-15(27-2)16(8-12)28-3/h4-5,8-10,17H,6-7,11,20H2,1-3H3. The van der Waals surface area contributed by atoms with Gasteiger partial charge in [0.25, 0.3) is 0 Å². The summed E-state index contributed by atoms with van der Waals surface area (Å²) >= 11 is 0. The Hall–Kier alpha value is -3.04. The smallest absolute Gasteiger partial charge is 0.228 e. The molecule has 4 rings (SSSR count). The lowest BCUT2D eigenvalue weighted by Crippen LogP contribution is -2.56. The highest BCUT2D eigenvalue weighted by Crippen LogP contribution is 2.31. The number of aromatic nitrogens is 4. The minimum Gasteiger partial charge on any atom is -0.493 e. The summed E-state index contributed by atoms with van der Waals surface area (Å²) in [4.78, 5) is 22.4. The topological polar surface area (TPSA) is 103 Å². The lowest BCUT2D eigenvalue weighted by Gasteiger charge is -2.37. The molecule has 2 N–H and O–H groups in total. The van der Waals surface area contributed by atoms with E-state index < -0.39 is 0 Å². The van der Waals surface area contributed by atoms with Crippen LogP contribution in [0.1, 0.15) is 0 Å². The largest absolute Gasteiger partial charge is 0.493 e. The number of benzene rings is 1. The van der Waals surface area contributed by atoms with Crippen LogP contribution >= 0.6 is 0 Å². The highest BCUT2D eigenvalue weighted by Gasteiger charge is 2.24. The molecule has 3 aromatic rings. The maximum absolute atomic E-state index is 6.24. The minimum atomic E-state index is -0.143. The fourth-order valence-corrected chi connectivity index (χ4v) is 3.29. The van der Waals surface area contributed by atoms with Gasteiger partial charge < -0.3 is 25.0 Å². The number of rotatable bonds is 4. The molecule has 0 saturated carbocycles. The molecule has 0 aliphatic carbocycles. The Morgan fingerprint density at radius 2 is 1.86 bits per heavy atom. The van der Waals surface area contributed by atoms with Crippen LogP contribution in [0.15, 0.2) is 30.6 Å². The molecule has 1 atom stereocenters. The van der Waals surface area contributed by atoms with Crippen molar-refractivity contribution in [3.05, 3.63) is 30.6 Å². The van der Waals surface area contributed by atoms with Crippen molar-refractivity contribution in [2.75, 3.05) is 45.8 Å². The molecule has 146 valence electrons. The van der Waals surface area contributed by atoms with E-state index in [1.165, 1.54) is 0 Å². The first-order valence-electron chi connectivity index (χ1n) is 9.02. The molecular formula is C19H23N7O2. The maximum Gasteiger partial charge on any atom is 0.228 e. The summed E-state index contributed by atoms with van der Waals surface area (Å²) in [5.41, 5.74) is 8.99. The Kier molecular flexibility index (Phi) is 4.93. The molecule has 0 amide bonds. The second kappa shape index (κ2) is 7.53. The van der Waals surface area contributed by atoms with Crippen LogP contribution in [0.2, 0.25) is 0 Å². The van der Waals surface area contributed by atoms with Crippen LogP contribution in [-0.2, 0) is 0 Å². The fraction of sp³-hybridized carbons (Fsp3) is 0.368. The molecule has 0 radical (unpaired) electrons. The molecule has 1 unspecified atom stereocenters. The van der Waals surface area contributed by atoms with Gasteiger partial charge in [-0.3, -0.25) is 0 Å². The van der Waals surface area contributed by atoms with Crippen LogP contribution in [0.5, 0.6) is 11.5 Å². The number of nitrogens with two attached hydrogens (primary N) is 1. The predicted octanol–water partition coefficient (Wildman–Crippen LogP) is 1.14. The Labute approximate surface area is 163 Å². The highest BCUT2D eigenvalue weighted by molar-refractivity contribution is 5.74. The second-order valence-electron chi connectivity index (χ2n) is 6.73. The molecular weight excluding hydrogens is 358 g/mol. The first kappa shape index (κ1) is 18.3. The number of fused-ring (bicyclic) bond motifs is 1. The number of hydrogen-bond donors (Lipinski definition) is 1. The van der Waals surface area contributed by atoms with Crippen molar-refractivity contribution in [2.45, 2.75) is 6.17 Å². The van der Waals surface area contributed by atoms with Crippen LogP contribution < -0.4 is 20.1 Å². The van der Waals surface area contributed by atoms with E-state index >= 15 is 0 Å². The summed E-state index contributed by atoms with van der Waals surface area (Å²) in [5, 5.41) is 0. The van der Waals surface area contributed by atoms with Gasteiger partial charge in [0, 0.05) is 25.2 Å². The van der Waals surface area contributed by atoms with Gasteiger partial charge in [-0.05, 0) is 25.2 Å². The zero-order valence-electron chi connectivity index (χ0n) is 16.2. The second-order valence-corrected chi connectivity index (χ2v) is 6.73. The third kappa shape index (κ3) is 3.41. The van der Waals surface area contributed by atoms with Crippen LogP contribution in [0.3, 0.4) is 0 Å². The molecule has 9 heteroatoms. The monoisotopic (exact) mass is 381 g/mol. The van der Waals surface area contributed by atoms with E-state index in [0.29, 0.717) is 34.3 Å². The quantitative estimate of drug-likeness (QED) is 0.712. The zero-order chi connectivity index (χ0) is 19.7. The summed E-state index contributed by atoms with van der Waals surface area (Å²) in [7, 11) is 5.26. The van der Waals surface area contributed by atoms with Gasteiger partial charge in [-0.1, -0.05) is 0 Å². The lowest BCUT2D eigenvalue weighted by atomic mass is 10.1. The van der Waals surface area contributed by atoms with Crippen molar-refractivity contribution in [1.82, 2.24) is 24.8 Å². The molecule has 1 aliphatic rings. The SMILES string of the molecule is COc1ccc(-c2cnc3nc(N4CCN(C)CC4N)ncc3n2)cc1OC. The lowest BCUT2D eigenvalue weighted by molar-refractivity contribution is 0.268. The van der Waals surface area contributed by atoms with Gasteiger partial charge >= 0.3 is 0 Å². The van der Waals surface area contributed by atoms with Crippen LogP contribution in [-0.4, -0.2) is 71.9 Å². The summed E-state index contributed by atoms with van der Waals surface area (Å²) in [6.45, 7) is 2.46. The summed E-state index contributed by atoms with van der Waals surface area (Å²) in [5.74, 6) is 1.88. The summed E-state index contributed by atoms with van der Waals surface area (Å²) in [6.07, 6.45) is 3.25. The fourth-order valence-electron chi connectivity index (χ4n) is 3.29. The van der Waals surface area contributed by atoms with E-state index in [1.807, 2.05) is 23.1 Å². The zero-order valence-corrected chi connectivity index (χ0v) is 16.2. The van der Waals surface area contributed by atoms with Crippen molar-refractivity contribution < 1.29 is 9.47 Å². The van der Waals surface area contributed by atoms with E-state index in [0.717, 1.165) is 25.2 Å². The Balaban J connectivity index is 1.65. The number of anilines is 1. The molecule has 9 nitrogen and oxygen atoms in total. The van der Waals surface area contributed by atoms with E-state index in [1.54, 1.807) is 26.6 Å². The van der Waals surface area contributed by atoms with Gasteiger partial charge in [0.05, 0.1) is 38.5 Å². The van der Waals surface area contributed by atoms with Gasteiger partial charge in [0.2, 0.25) is 5.95 Å². The van der Waals surface area contributed by atoms with E-state index in [2.05, 4.69) is 31.9 Å². The van der Waals surface area contributed by atoms with Crippen LogP contribution in [0.4, 0.5) is 5.95 Å². The number of methoxy groups -OCH3 is 2. The number of piperazine rings is 1. The Bertz CT molecular complexity index is 997. The van der Waals surface area contributed by atoms with Crippen molar-refractivity contribution in [3.8, 4) is 22.8 Å². The summed E-state index contributed by atoms with van der Waals surface area (Å²) in [6, 6.07) is 5.62. The number of ether oxygens (including phenoxy) is 2. The first-order chi connectivity index (χ1) is 13.6. The third-order valence-electron chi connectivity index (χ3n) is 4.85. The van der Waals surface area contributed by atoms with Crippen molar-refractivity contribution in [3.63, 3.8) is 0 Å². The molecule has 0 spiro atoms. The van der Waals surface area contributed by atoms with E-state index in [-0.39, 0.29) is 6.17 Å². The minimum absolute atomic E-state index is 0.143. The average Bonchev–Trinajstić information content (AvgIpc) is 2.72. The maximum atomic E-state index is 6.24. The van der Waals surface area contributed by atoms with Crippen LogP contribution in [0.25, 0.3) is 22.4 Å². The van der Waals surface area contributed by atoms with E-state index in [4.69, 9.17) is 15.2 Å². The Morgan fingerprint density at radius 1 is 1.04 bits per heavy atom. The molecule has 2 aromatic heterocycles. The molecule has 0 bridgehead atoms. The Morgan fingerprint density at radius 3 is 2.61 bits per heavy atom. The van der Waals surface area contributed by atoms with Gasteiger partial charge in [0.15, 0.2) is 17.1 Å². The van der Waals surface area contributed by atoms with E-state index in [9.17, 15) is 0 Å². The van der Waals surface area contributed by atoms with Gasteiger partial charge in [-0.2, -0.15) is 4.98 Å². The van der Waals surface area contributed by atoms with Crippen molar-refractivity contribution in [1.29, 1.82) is 0 Å². The normalized spacial score (nSPS) is 17.7. The third-order valence-corrected chi connectivity index (χ3v) is 4.85. The number of nitrogens with zero attached hydrogens (tertiary/aromatic N) is 6. The van der Waals surface area contributed by atoms with Crippen molar-refractivity contribution >= 4 is 17.1 Å². The van der Waals surface area contributed by atoms with Crippen LogP contribution in [0, 0.1) is 0 Å².